The van der Waals surface area contributed by atoms with Crippen LogP contribution in [0.2, 0.25) is 0 Å². The zero-order valence-corrected chi connectivity index (χ0v) is 11.6. The first-order chi connectivity index (χ1) is 9.99. The van der Waals surface area contributed by atoms with Gasteiger partial charge in [-0.1, -0.05) is 23.5 Å². The monoisotopic (exact) mass is 314 g/mol. The van der Waals surface area contributed by atoms with Crippen LogP contribution in [0.3, 0.4) is 0 Å². The summed E-state index contributed by atoms with van der Waals surface area (Å²) in [7, 11) is 1.55. The third kappa shape index (κ3) is 2.61. The average molecular weight is 314 g/mol. The minimum atomic E-state index is -4.36. The fraction of sp³-hybridized carbons (Fsp3) is 0.250. The molecule has 0 bridgehead atoms. The van der Waals surface area contributed by atoms with Crippen molar-refractivity contribution >= 4 is 16.3 Å². The minimum Gasteiger partial charge on any atom is -0.377 e. The first-order valence-corrected chi connectivity index (χ1v) is 6.68. The molecule has 0 aliphatic heterocycles. The molecule has 0 aliphatic carbocycles. The Labute approximate surface area is 121 Å². The highest BCUT2D eigenvalue weighted by atomic mass is 32.1. The van der Waals surface area contributed by atoms with Gasteiger partial charge in [-0.3, -0.25) is 0 Å². The van der Waals surface area contributed by atoms with E-state index in [0.29, 0.717) is 23.0 Å². The van der Waals surface area contributed by atoms with Gasteiger partial charge in [-0.15, -0.1) is 10.2 Å². The molecule has 0 unspecified atom stereocenters. The van der Waals surface area contributed by atoms with Crippen LogP contribution in [0.15, 0.2) is 24.3 Å². The Morgan fingerprint density at radius 2 is 1.90 bits per heavy atom. The van der Waals surface area contributed by atoms with Crippen molar-refractivity contribution in [2.75, 3.05) is 7.11 Å². The SMILES string of the molecule is COCc1nn2c(-c3ccc(C(F)(F)F)cc3)nnc2s1. The van der Waals surface area contributed by atoms with E-state index in [9.17, 15) is 13.2 Å². The molecule has 0 spiro atoms. The first-order valence-electron chi connectivity index (χ1n) is 5.87. The summed E-state index contributed by atoms with van der Waals surface area (Å²) >= 11 is 1.32. The lowest BCUT2D eigenvalue weighted by Gasteiger charge is -2.06. The Morgan fingerprint density at radius 3 is 2.52 bits per heavy atom. The number of aromatic nitrogens is 4. The maximum atomic E-state index is 12.5. The Balaban J connectivity index is 2.00. The molecule has 0 fully saturated rings. The zero-order valence-electron chi connectivity index (χ0n) is 10.8. The third-order valence-corrected chi connectivity index (χ3v) is 3.64. The van der Waals surface area contributed by atoms with Crippen molar-refractivity contribution in [2.24, 2.45) is 0 Å². The lowest BCUT2D eigenvalue weighted by Crippen LogP contribution is -2.04. The molecule has 0 amide bonds. The standard InChI is InChI=1S/C12H9F3N4OS/c1-20-6-9-18-19-10(16-17-11(19)21-9)7-2-4-8(5-3-7)12(13,14)15/h2-5H,6H2,1H3. The first kappa shape index (κ1) is 14.0. The van der Waals surface area contributed by atoms with Crippen molar-refractivity contribution in [1.29, 1.82) is 0 Å². The molecule has 21 heavy (non-hydrogen) atoms. The fourth-order valence-corrected chi connectivity index (χ4v) is 2.63. The summed E-state index contributed by atoms with van der Waals surface area (Å²) in [4.78, 5) is 0.567. The third-order valence-electron chi connectivity index (χ3n) is 2.77. The van der Waals surface area contributed by atoms with Gasteiger partial charge in [0.25, 0.3) is 0 Å². The molecule has 110 valence electrons. The number of benzene rings is 1. The van der Waals surface area contributed by atoms with Crippen LogP contribution in [0.25, 0.3) is 16.3 Å². The van der Waals surface area contributed by atoms with Gasteiger partial charge in [0.2, 0.25) is 4.96 Å². The van der Waals surface area contributed by atoms with Crippen molar-refractivity contribution in [3.8, 4) is 11.4 Å². The van der Waals surface area contributed by atoms with Crippen LogP contribution in [-0.2, 0) is 17.5 Å². The molecule has 1 aromatic carbocycles. The molecule has 0 atom stereocenters. The smallest absolute Gasteiger partial charge is 0.377 e. The van der Waals surface area contributed by atoms with Crippen molar-refractivity contribution in [3.05, 3.63) is 34.8 Å². The molecule has 5 nitrogen and oxygen atoms in total. The van der Waals surface area contributed by atoms with Crippen molar-refractivity contribution < 1.29 is 17.9 Å². The van der Waals surface area contributed by atoms with Crippen molar-refractivity contribution in [3.63, 3.8) is 0 Å². The Bertz CT molecular complexity index is 763. The topological polar surface area (TPSA) is 52.3 Å². The molecule has 2 aromatic heterocycles. The number of alkyl halides is 3. The van der Waals surface area contributed by atoms with E-state index < -0.39 is 11.7 Å². The predicted octanol–water partition coefficient (Wildman–Crippen LogP) is 3.02. The number of fused-ring (bicyclic) bond motifs is 1. The van der Waals surface area contributed by atoms with E-state index in [0.717, 1.165) is 17.1 Å². The Kier molecular flexibility index (Phi) is 3.38. The molecule has 0 saturated carbocycles. The second-order valence-corrected chi connectivity index (χ2v) is 5.26. The zero-order chi connectivity index (χ0) is 15.0. The van der Waals surface area contributed by atoms with E-state index in [-0.39, 0.29) is 0 Å². The second-order valence-electron chi connectivity index (χ2n) is 4.22. The van der Waals surface area contributed by atoms with Crippen LogP contribution >= 0.6 is 11.3 Å². The highest BCUT2D eigenvalue weighted by Crippen LogP contribution is 2.31. The number of hydrogen-bond donors (Lipinski definition) is 0. The van der Waals surface area contributed by atoms with Gasteiger partial charge in [-0.2, -0.15) is 22.8 Å². The Hall–Kier alpha value is -2.00. The molecule has 0 saturated heterocycles. The second kappa shape index (κ2) is 5.08. The van der Waals surface area contributed by atoms with E-state index >= 15 is 0 Å². The fourth-order valence-electron chi connectivity index (χ4n) is 1.83. The lowest BCUT2D eigenvalue weighted by molar-refractivity contribution is -0.137. The van der Waals surface area contributed by atoms with E-state index in [1.807, 2.05) is 0 Å². The summed E-state index contributed by atoms with van der Waals surface area (Å²) in [6, 6.07) is 4.74. The number of hydrogen-bond acceptors (Lipinski definition) is 5. The molecule has 0 N–H and O–H groups in total. The van der Waals surface area contributed by atoms with Gasteiger partial charge in [0.05, 0.1) is 12.2 Å². The number of ether oxygens (including phenoxy) is 1. The van der Waals surface area contributed by atoms with E-state index in [2.05, 4.69) is 15.3 Å². The van der Waals surface area contributed by atoms with Crippen LogP contribution in [-0.4, -0.2) is 26.9 Å². The Morgan fingerprint density at radius 1 is 1.19 bits per heavy atom. The van der Waals surface area contributed by atoms with Gasteiger partial charge in [0, 0.05) is 12.7 Å². The predicted molar refractivity (Wildman–Crippen MR) is 69.8 cm³/mol. The van der Waals surface area contributed by atoms with Crippen LogP contribution in [0.1, 0.15) is 10.6 Å². The van der Waals surface area contributed by atoms with E-state index in [1.165, 1.54) is 28.0 Å². The quantitative estimate of drug-likeness (QED) is 0.746. The van der Waals surface area contributed by atoms with E-state index in [1.54, 1.807) is 7.11 Å². The normalized spacial score (nSPS) is 12.2. The maximum absolute atomic E-state index is 12.5. The summed E-state index contributed by atoms with van der Waals surface area (Å²) < 4.78 is 44.1. The molecule has 0 aliphatic rings. The van der Waals surface area contributed by atoms with Gasteiger partial charge >= 0.3 is 6.18 Å². The van der Waals surface area contributed by atoms with Gasteiger partial charge < -0.3 is 4.74 Å². The van der Waals surface area contributed by atoms with E-state index in [4.69, 9.17) is 4.74 Å². The summed E-state index contributed by atoms with van der Waals surface area (Å²) in [6.45, 7) is 0.348. The molecule has 3 aromatic rings. The highest BCUT2D eigenvalue weighted by Gasteiger charge is 2.30. The number of methoxy groups -OCH3 is 1. The number of rotatable bonds is 3. The molecule has 3 rings (SSSR count). The number of halogens is 3. The summed E-state index contributed by atoms with van der Waals surface area (Å²) in [5, 5.41) is 12.9. The van der Waals surface area contributed by atoms with Gasteiger partial charge in [-0.25, -0.2) is 0 Å². The lowest BCUT2D eigenvalue weighted by atomic mass is 10.1. The van der Waals surface area contributed by atoms with Crippen molar-refractivity contribution in [1.82, 2.24) is 19.8 Å². The van der Waals surface area contributed by atoms with Gasteiger partial charge in [0.15, 0.2) is 5.82 Å². The largest absolute Gasteiger partial charge is 0.416 e. The maximum Gasteiger partial charge on any atom is 0.416 e. The highest BCUT2D eigenvalue weighted by molar-refractivity contribution is 7.16. The molecular weight excluding hydrogens is 305 g/mol. The van der Waals surface area contributed by atoms with Gasteiger partial charge in [0.1, 0.15) is 5.01 Å². The average Bonchev–Trinajstić information content (AvgIpc) is 2.98. The van der Waals surface area contributed by atoms with Gasteiger partial charge in [-0.05, 0) is 12.1 Å². The van der Waals surface area contributed by atoms with Crippen LogP contribution in [0, 0.1) is 0 Å². The summed E-state index contributed by atoms with van der Waals surface area (Å²) in [6.07, 6.45) is -4.36. The molecule has 2 heterocycles. The van der Waals surface area contributed by atoms with Crippen LogP contribution < -0.4 is 0 Å². The molecular formula is C12H9F3N4OS. The van der Waals surface area contributed by atoms with Crippen LogP contribution in [0.5, 0.6) is 0 Å². The van der Waals surface area contributed by atoms with Crippen molar-refractivity contribution in [2.45, 2.75) is 12.8 Å². The minimum absolute atomic E-state index is 0.348. The summed E-state index contributed by atoms with van der Waals surface area (Å²) in [5.74, 6) is 0.400. The van der Waals surface area contributed by atoms with Crippen LogP contribution in [0.4, 0.5) is 13.2 Å². The molecule has 0 radical (unpaired) electrons. The summed E-state index contributed by atoms with van der Waals surface area (Å²) in [5.41, 5.74) is -0.185. The number of nitrogens with zero attached hydrogens (tertiary/aromatic N) is 4. The molecule has 9 heteroatoms.